The maximum absolute atomic E-state index is 14.0. The van der Waals surface area contributed by atoms with Crippen molar-refractivity contribution >= 4 is 51.5 Å². The second-order valence-corrected chi connectivity index (χ2v) is 9.19. The zero-order valence-electron chi connectivity index (χ0n) is 12.0. The first-order valence-corrected chi connectivity index (χ1v) is 9.87. The third kappa shape index (κ3) is 3.77. The Labute approximate surface area is 140 Å². The van der Waals surface area contributed by atoms with Crippen LogP contribution in [-0.4, -0.2) is 30.4 Å². The van der Waals surface area contributed by atoms with Crippen LogP contribution < -0.4 is 15.4 Å². The fraction of sp³-hybridized carbons (Fsp3) is 0.231. The number of hydrogen-bond donors (Lipinski definition) is 1. The first-order valence-electron chi connectivity index (χ1n) is 6.10. The molecule has 0 amide bonds. The summed E-state index contributed by atoms with van der Waals surface area (Å²) in [6.07, 6.45) is 1.47. The monoisotopic (exact) mass is 407 g/mol. The molecule has 0 atom stereocenters. The summed E-state index contributed by atoms with van der Waals surface area (Å²) in [5, 5.41) is 3.42. The maximum Gasteiger partial charge on any atom is 0.224 e. The van der Waals surface area contributed by atoms with Gasteiger partial charge in [-0.15, -0.1) is 0 Å². The zero-order chi connectivity index (χ0) is 16.5. The molecule has 0 unspecified atom stereocenters. The number of methoxy groups -OCH3 is 1. The summed E-state index contributed by atoms with van der Waals surface area (Å²) in [7, 11) is -1.33. The molecule has 0 bridgehead atoms. The number of aromatic nitrogens is 2. The Morgan fingerprint density at radius 1 is 1.41 bits per heavy atom. The van der Waals surface area contributed by atoms with Gasteiger partial charge in [0.25, 0.3) is 0 Å². The molecule has 22 heavy (non-hydrogen) atoms. The summed E-state index contributed by atoms with van der Waals surface area (Å²) >= 11 is 9.04. The topological polar surface area (TPSA) is 64.1 Å². The largest absolute Gasteiger partial charge is 0.494 e. The lowest BCUT2D eigenvalue weighted by molar-refractivity contribution is 0.387. The van der Waals surface area contributed by atoms with E-state index in [0.29, 0.717) is 21.3 Å². The minimum Gasteiger partial charge on any atom is -0.494 e. The number of hydrogen-bond acceptors (Lipinski definition) is 5. The summed E-state index contributed by atoms with van der Waals surface area (Å²) in [6.45, 7) is 3.18. The highest BCUT2D eigenvalue weighted by Crippen LogP contribution is 2.40. The molecule has 1 aromatic carbocycles. The van der Waals surface area contributed by atoms with Crippen LogP contribution in [0.15, 0.2) is 22.8 Å². The highest BCUT2D eigenvalue weighted by molar-refractivity contribution is 9.10. The molecule has 1 heterocycles. The van der Waals surface area contributed by atoms with Crippen molar-refractivity contribution in [2.24, 2.45) is 0 Å². The minimum absolute atomic E-state index is 0.0317. The van der Waals surface area contributed by atoms with Crippen LogP contribution >= 0.6 is 34.7 Å². The van der Waals surface area contributed by atoms with Crippen LogP contribution in [0.3, 0.4) is 0 Å². The van der Waals surface area contributed by atoms with Crippen LogP contribution in [0.2, 0.25) is 5.28 Å². The minimum atomic E-state index is -2.68. The molecule has 0 fully saturated rings. The van der Waals surface area contributed by atoms with Crippen LogP contribution in [0.1, 0.15) is 0 Å². The average Bonchev–Trinajstić information content (AvgIpc) is 2.42. The zero-order valence-corrected chi connectivity index (χ0v) is 15.3. The van der Waals surface area contributed by atoms with Gasteiger partial charge in [0.15, 0.2) is 11.6 Å². The van der Waals surface area contributed by atoms with Gasteiger partial charge in [-0.2, -0.15) is 4.98 Å². The Morgan fingerprint density at radius 2 is 2.09 bits per heavy atom. The van der Waals surface area contributed by atoms with E-state index in [9.17, 15) is 8.96 Å². The lowest BCUT2D eigenvalue weighted by Gasteiger charge is -2.17. The average molecular weight is 409 g/mol. The van der Waals surface area contributed by atoms with E-state index >= 15 is 0 Å². The normalized spacial score (nSPS) is 11.4. The summed E-state index contributed by atoms with van der Waals surface area (Å²) in [5.74, 6) is -0.193. The molecule has 0 saturated carbocycles. The van der Waals surface area contributed by atoms with E-state index < -0.39 is 13.0 Å². The molecule has 5 nitrogen and oxygen atoms in total. The van der Waals surface area contributed by atoms with Crippen molar-refractivity contribution in [1.82, 2.24) is 9.97 Å². The third-order valence-corrected chi connectivity index (χ3v) is 5.11. The Hall–Kier alpha value is -1.17. The summed E-state index contributed by atoms with van der Waals surface area (Å²) in [6, 6.07) is 2.64. The van der Waals surface area contributed by atoms with E-state index in [4.69, 9.17) is 16.3 Å². The smallest absolute Gasteiger partial charge is 0.224 e. The molecule has 0 saturated heterocycles. The lowest BCUT2D eigenvalue weighted by Crippen LogP contribution is -2.12. The second kappa shape index (κ2) is 6.52. The van der Waals surface area contributed by atoms with Crippen molar-refractivity contribution in [3.8, 4) is 5.75 Å². The lowest BCUT2D eigenvalue weighted by atomic mass is 10.3. The molecule has 2 aromatic rings. The number of ether oxygens (including phenoxy) is 1. The van der Waals surface area contributed by atoms with Gasteiger partial charge in [0.1, 0.15) is 13.0 Å². The second-order valence-electron chi connectivity index (χ2n) is 4.82. The van der Waals surface area contributed by atoms with Gasteiger partial charge < -0.3 is 14.6 Å². The molecule has 2 rings (SSSR count). The number of rotatable bonds is 4. The summed E-state index contributed by atoms with van der Waals surface area (Å²) in [4.78, 5) is 7.83. The third-order valence-electron chi connectivity index (χ3n) is 2.82. The summed E-state index contributed by atoms with van der Waals surface area (Å²) in [5.41, 5.74) is 0.335. The molecular formula is C13H13BrClFN3O2P. The molecule has 0 spiro atoms. The first kappa shape index (κ1) is 17.2. The van der Waals surface area contributed by atoms with Crippen LogP contribution in [0.4, 0.5) is 15.9 Å². The highest BCUT2D eigenvalue weighted by Gasteiger charge is 2.21. The molecule has 0 aliphatic heterocycles. The van der Waals surface area contributed by atoms with Gasteiger partial charge in [-0.05, 0) is 46.9 Å². The van der Waals surface area contributed by atoms with E-state index in [1.165, 1.54) is 25.4 Å². The Bertz CT molecular complexity index is 769. The summed E-state index contributed by atoms with van der Waals surface area (Å²) < 4.78 is 31.9. The van der Waals surface area contributed by atoms with E-state index in [1.54, 1.807) is 13.3 Å². The predicted octanol–water partition coefficient (Wildman–Crippen LogP) is 4.03. The molecule has 0 aliphatic rings. The van der Waals surface area contributed by atoms with Gasteiger partial charge in [-0.25, -0.2) is 9.37 Å². The molecule has 0 radical (unpaired) electrons. The van der Waals surface area contributed by atoms with E-state index in [-0.39, 0.29) is 11.0 Å². The molecule has 0 aliphatic carbocycles. The van der Waals surface area contributed by atoms with Gasteiger partial charge in [0, 0.05) is 17.6 Å². The van der Waals surface area contributed by atoms with E-state index in [0.717, 1.165) is 0 Å². The van der Waals surface area contributed by atoms with Crippen LogP contribution in [-0.2, 0) is 4.57 Å². The van der Waals surface area contributed by atoms with E-state index in [2.05, 4.69) is 31.2 Å². The number of halogens is 3. The van der Waals surface area contributed by atoms with Gasteiger partial charge in [-0.3, -0.25) is 0 Å². The predicted molar refractivity (Wildman–Crippen MR) is 90.1 cm³/mol. The number of nitrogens with one attached hydrogen (secondary N) is 1. The van der Waals surface area contributed by atoms with Crippen LogP contribution in [0, 0.1) is 5.82 Å². The molecule has 1 N–H and O–H groups in total. The van der Waals surface area contributed by atoms with E-state index in [1.807, 2.05) is 0 Å². The molecular weight excluding hydrogens is 395 g/mol. The van der Waals surface area contributed by atoms with Crippen LogP contribution in [0.25, 0.3) is 0 Å². The molecule has 118 valence electrons. The quantitative estimate of drug-likeness (QED) is 0.611. The van der Waals surface area contributed by atoms with Gasteiger partial charge in [-0.1, -0.05) is 0 Å². The van der Waals surface area contributed by atoms with Gasteiger partial charge in [0.05, 0.1) is 17.3 Å². The Morgan fingerprint density at radius 3 is 2.68 bits per heavy atom. The van der Waals surface area contributed by atoms with Crippen molar-refractivity contribution in [2.75, 3.05) is 25.8 Å². The number of nitrogens with zero attached hydrogens (tertiary/aromatic N) is 2. The van der Waals surface area contributed by atoms with Crippen molar-refractivity contribution in [2.45, 2.75) is 0 Å². The fourth-order valence-electron chi connectivity index (χ4n) is 1.81. The Kier molecular flexibility index (Phi) is 5.10. The highest BCUT2D eigenvalue weighted by atomic mass is 79.9. The number of benzene rings is 1. The molecule has 9 heteroatoms. The van der Waals surface area contributed by atoms with Crippen molar-refractivity contribution < 1.29 is 13.7 Å². The SMILES string of the molecule is COc1cc(P(C)(C)=O)c(Nc2nc(Cl)ncc2Br)cc1F. The number of anilines is 2. The van der Waals surface area contributed by atoms with Crippen molar-refractivity contribution in [3.63, 3.8) is 0 Å². The van der Waals surface area contributed by atoms with Crippen molar-refractivity contribution in [1.29, 1.82) is 0 Å². The Balaban J connectivity index is 2.57. The van der Waals surface area contributed by atoms with Gasteiger partial charge >= 0.3 is 0 Å². The van der Waals surface area contributed by atoms with Gasteiger partial charge in [0.2, 0.25) is 5.28 Å². The maximum atomic E-state index is 14.0. The van der Waals surface area contributed by atoms with Crippen LogP contribution in [0.5, 0.6) is 5.75 Å². The standard InChI is InChI=1S/C13H13BrClFN3O2P/c1-21-10-5-11(22(2,3)20)9(4-8(10)16)18-12-7(14)6-17-13(15)19-12/h4-6H,1-3H3,(H,17,18,19). The first-order chi connectivity index (χ1) is 10.2. The molecule has 1 aromatic heterocycles. The fourth-order valence-corrected chi connectivity index (χ4v) is 3.36. The van der Waals surface area contributed by atoms with Crippen molar-refractivity contribution in [3.05, 3.63) is 33.9 Å².